The number of carboxylic acids is 1. The summed E-state index contributed by atoms with van der Waals surface area (Å²) in [6.07, 6.45) is 0.0604. The summed E-state index contributed by atoms with van der Waals surface area (Å²) in [5.74, 6) is -2.61. The largest absolute Gasteiger partial charge is 0.480 e. The zero-order valence-corrected chi connectivity index (χ0v) is 15.1. The van der Waals surface area contributed by atoms with Crippen LogP contribution >= 0.6 is 12.6 Å². The van der Waals surface area contributed by atoms with E-state index < -0.39 is 35.8 Å². The topological polar surface area (TPSA) is 139 Å². The number of amides is 3. The van der Waals surface area contributed by atoms with Gasteiger partial charge in [-0.25, -0.2) is 4.79 Å². The highest BCUT2D eigenvalue weighted by Gasteiger charge is 2.26. The van der Waals surface area contributed by atoms with E-state index in [1.165, 1.54) is 0 Å². The molecule has 8 nitrogen and oxygen atoms in total. The lowest BCUT2D eigenvalue weighted by Gasteiger charge is -2.21. The lowest BCUT2D eigenvalue weighted by atomic mass is 10.1. The summed E-state index contributed by atoms with van der Waals surface area (Å²) >= 11 is 4.05. The van der Waals surface area contributed by atoms with Crippen molar-refractivity contribution >= 4 is 36.3 Å². The second-order valence-electron chi connectivity index (χ2n) is 5.69. The molecule has 0 saturated heterocycles. The standard InChI is InChI=1S/C17H23N3O5S/c18-14(21)6-7-15(22)19-12(8-9-26)16(23)20-13(17(24)25)10-11-4-2-1-3-5-11/h1-5,12-13,26H,6-10H2,(H2,18,21)(H,19,22)(H,20,23)(H,24,25)/t12?,13-/m1/s1. The molecule has 2 atom stereocenters. The Bertz CT molecular complexity index is 639. The maximum absolute atomic E-state index is 12.4. The molecule has 9 heteroatoms. The first kappa shape index (κ1) is 21.5. The van der Waals surface area contributed by atoms with Crippen molar-refractivity contribution in [2.45, 2.75) is 37.8 Å². The molecule has 0 aliphatic rings. The number of hydrogen-bond donors (Lipinski definition) is 5. The van der Waals surface area contributed by atoms with Gasteiger partial charge < -0.3 is 21.5 Å². The van der Waals surface area contributed by atoms with E-state index in [0.29, 0.717) is 5.75 Å². The molecular formula is C17H23N3O5S. The highest BCUT2D eigenvalue weighted by Crippen LogP contribution is 2.05. The highest BCUT2D eigenvalue weighted by atomic mass is 32.1. The SMILES string of the molecule is NC(=O)CCC(=O)NC(CCS)C(=O)N[C@H](Cc1ccccc1)C(=O)O. The summed E-state index contributed by atoms with van der Waals surface area (Å²) in [6.45, 7) is 0. The average molecular weight is 381 g/mol. The monoisotopic (exact) mass is 381 g/mol. The summed E-state index contributed by atoms with van der Waals surface area (Å²) in [5, 5.41) is 14.3. The van der Waals surface area contributed by atoms with E-state index in [1.54, 1.807) is 24.3 Å². The van der Waals surface area contributed by atoms with Crippen LogP contribution in [0.4, 0.5) is 0 Å². The van der Waals surface area contributed by atoms with Crippen molar-refractivity contribution in [3.63, 3.8) is 0 Å². The summed E-state index contributed by atoms with van der Waals surface area (Å²) in [6, 6.07) is 6.82. The quantitative estimate of drug-likeness (QED) is 0.340. The Morgan fingerprint density at radius 2 is 1.69 bits per heavy atom. The second-order valence-corrected chi connectivity index (χ2v) is 6.14. The number of carboxylic acid groups (broad SMARTS) is 1. The van der Waals surface area contributed by atoms with Crippen molar-refractivity contribution in [2.75, 3.05) is 5.75 Å². The number of nitrogens with two attached hydrogens (primary N) is 1. The molecule has 0 spiro atoms. The minimum Gasteiger partial charge on any atom is -0.480 e. The van der Waals surface area contributed by atoms with Crippen LogP contribution in [0.1, 0.15) is 24.8 Å². The van der Waals surface area contributed by atoms with Crippen LogP contribution in [0.25, 0.3) is 0 Å². The zero-order valence-electron chi connectivity index (χ0n) is 14.2. The fourth-order valence-corrected chi connectivity index (χ4v) is 2.48. The molecule has 26 heavy (non-hydrogen) atoms. The molecule has 1 rings (SSSR count). The molecule has 1 aromatic carbocycles. The maximum Gasteiger partial charge on any atom is 0.326 e. The lowest BCUT2D eigenvalue weighted by molar-refractivity contribution is -0.142. The summed E-state index contributed by atoms with van der Waals surface area (Å²) in [4.78, 5) is 46.4. The molecule has 0 aliphatic carbocycles. The van der Waals surface area contributed by atoms with Crippen LogP contribution in [-0.2, 0) is 25.6 Å². The molecule has 0 saturated carbocycles. The number of primary amides is 1. The van der Waals surface area contributed by atoms with Gasteiger partial charge in [0.15, 0.2) is 0 Å². The summed E-state index contributed by atoms with van der Waals surface area (Å²) < 4.78 is 0. The normalized spacial score (nSPS) is 12.7. The number of benzene rings is 1. The molecule has 1 unspecified atom stereocenters. The fraction of sp³-hybridized carbons (Fsp3) is 0.412. The van der Waals surface area contributed by atoms with Gasteiger partial charge >= 0.3 is 5.97 Å². The van der Waals surface area contributed by atoms with Crippen molar-refractivity contribution in [1.29, 1.82) is 0 Å². The smallest absolute Gasteiger partial charge is 0.326 e. The van der Waals surface area contributed by atoms with Gasteiger partial charge in [-0.3, -0.25) is 14.4 Å². The first-order valence-electron chi connectivity index (χ1n) is 8.09. The fourth-order valence-electron chi connectivity index (χ4n) is 2.22. The molecule has 5 N–H and O–H groups in total. The Hall–Kier alpha value is -2.55. The second kappa shape index (κ2) is 11.1. The van der Waals surface area contributed by atoms with Gasteiger partial charge in [-0.1, -0.05) is 30.3 Å². The molecule has 0 fully saturated rings. The Morgan fingerprint density at radius 3 is 2.23 bits per heavy atom. The number of aliphatic carboxylic acids is 1. The number of thiol groups is 1. The van der Waals surface area contributed by atoms with Crippen molar-refractivity contribution in [3.8, 4) is 0 Å². The molecule has 0 heterocycles. The van der Waals surface area contributed by atoms with Crippen LogP contribution in [0.5, 0.6) is 0 Å². The molecule has 0 radical (unpaired) electrons. The number of rotatable bonds is 11. The molecule has 1 aromatic rings. The predicted molar refractivity (Wildman–Crippen MR) is 98.5 cm³/mol. The molecule has 0 aliphatic heterocycles. The van der Waals surface area contributed by atoms with Crippen molar-refractivity contribution in [2.24, 2.45) is 5.73 Å². The third-order valence-electron chi connectivity index (χ3n) is 3.57. The number of carbonyl (C=O) groups is 4. The number of nitrogens with one attached hydrogen (secondary N) is 2. The molecule has 0 bridgehead atoms. The van der Waals surface area contributed by atoms with Gasteiger partial charge in [0.2, 0.25) is 17.7 Å². The van der Waals surface area contributed by atoms with Gasteiger partial charge in [0, 0.05) is 19.3 Å². The summed E-state index contributed by atoms with van der Waals surface area (Å²) in [5.41, 5.74) is 5.75. The van der Waals surface area contributed by atoms with Gasteiger partial charge in [-0.05, 0) is 17.7 Å². The van der Waals surface area contributed by atoms with Crippen LogP contribution in [0, 0.1) is 0 Å². The van der Waals surface area contributed by atoms with Gasteiger partial charge in [-0.15, -0.1) is 0 Å². The predicted octanol–water partition coefficient (Wildman–Crippen LogP) is -0.131. The van der Waals surface area contributed by atoms with Crippen LogP contribution in [-0.4, -0.2) is 46.6 Å². The van der Waals surface area contributed by atoms with Gasteiger partial charge in [0.05, 0.1) is 0 Å². The van der Waals surface area contributed by atoms with Crippen molar-refractivity contribution in [1.82, 2.24) is 10.6 Å². The number of carbonyl (C=O) groups excluding carboxylic acids is 3. The van der Waals surface area contributed by atoms with Crippen LogP contribution in [0.2, 0.25) is 0 Å². The van der Waals surface area contributed by atoms with Crippen molar-refractivity contribution in [3.05, 3.63) is 35.9 Å². The molecule has 142 valence electrons. The van der Waals surface area contributed by atoms with E-state index in [9.17, 15) is 24.3 Å². The van der Waals surface area contributed by atoms with E-state index in [4.69, 9.17) is 5.73 Å². The number of hydrogen-bond acceptors (Lipinski definition) is 5. The van der Waals surface area contributed by atoms with E-state index in [2.05, 4.69) is 23.3 Å². The highest BCUT2D eigenvalue weighted by molar-refractivity contribution is 7.80. The van der Waals surface area contributed by atoms with Crippen LogP contribution in [0.3, 0.4) is 0 Å². The van der Waals surface area contributed by atoms with Crippen LogP contribution in [0.15, 0.2) is 30.3 Å². The summed E-state index contributed by atoms with van der Waals surface area (Å²) in [7, 11) is 0. The van der Waals surface area contributed by atoms with E-state index in [0.717, 1.165) is 5.56 Å². The third-order valence-corrected chi connectivity index (χ3v) is 3.82. The van der Waals surface area contributed by atoms with E-state index in [1.807, 2.05) is 6.07 Å². The Morgan fingerprint density at radius 1 is 1.04 bits per heavy atom. The minimum absolute atomic E-state index is 0.116. The molecular weight excluding hydrogens is 358 g/mol. The maximum atomic E-state index is 12.4. The van der Waals surface area contributed by atoms with Crippen molar-refractivity contribution < 1.29 is 24.3 Å². The Balaban J connectivity index is 2.71. The zero-order chi connectivity index (χ0) is 19.5. The van der Waals surface area contributed by atoms with Gasteiger partial charge in [0.25, 0.3) is 0 Å². The molecule has 3 amide bonds. The van der Waals surface area contributed by atoms with E-state index in [-0.39, 0.29) is 25.7 Å². The first-order valence-corrected chi connectivity index (χ1v) is 8.72. The third kappa shape index (κ3) is 8.02. The Kier molecular flexibility index (Phi) is 9.21. The molecule has 0 aromatic heterocycles. The minimum atomic E-state index is -1.17. The van der Waals surface area contributed by atoms with Gasteiger partial charge in [-0.2, -0.15) is 12.6 Å². The van der Waals surface area contributed by atoms with Gasteiger partial charge in [0.1, 0.15) is 12.1 Å². The van der Waals surface area contributed by atoms with E-state index >= 15 is 0 Å². The Labute approximate surface area is 156 Å². The average Bonchev–Trinajstić information content (AvgIpc) is 2.59. The van der Waals surface area contributed by atoms with Crippen LogP contribution < -0.4 is 16.4 Å². The lowest BCUT2D eigenvalue weighted by Crippen LogP contribution is -2.52. The first-order chi connectivity index (χ1) is 12.3.